The first kappa shape index (κ1) is 15.8. The van der Waals surface area contributed by atoms with E-state index in [-0.39, 0.29) is 11.7 Å². The molecule has 1 aliphatic rings. The smallest absolute Gasteiger partial charge is 0.170 e. The summed E-state index contributed by atoms with van der Waals surface area (Å²) in [4.78, 5) is 0. The lowest BCUT2D eigenvalue weighted by Crippen LogP contribution is -2.27. The molecule has 0 radical (unpaired) electrons. The second-order valence-electron chi connectivity index (χ2n) is 6.06. The fourth-order valence-electron chi connectivity index (χ4n) is 3.15. The van der Waals surface area contributed by atoms with Gasteiger partial charge in [-0.3, -0.25) is 0 Å². The van der Waals surface area contributed by atoms with E-state index in [1.807, 2.05) is 0 Å². The van der Waals surface area contributed by atoms with Crippen LogP contribution >= 0.6 is 0 Å². The summed E-state index contributed by atoms with van der Waals surface area (Å²) >= 11 is 0. The highest BCUT2D eigenvalue weighted by Crippen LogP contribution is 2.28. The molecular formula is C16H24FN3O. The van der Waals surface area contributed by atoms with Crippen LogP contribution in [0.4, 0.5) is 4.39 Å². The Morgan fingerprint density at radius 3 is 3.00 bits per heavy atom. The monoisotopic (exact) mass is 293 g/mol. The lowest BCUT2D eigenvalue weighted by molar-refractivity contribution is 0.274. The van der Waals surface area contributed by atoms with Crippen molar-refractivity contribution in [3.05, 3.63) is 35.1 Å². The van der Waals surface area contributed by atoms with Gasteiger partial charge in [0.05, 0.1) is 0 Å². The Kier molecular flexibility index (Phi) is 5.56. The maximum atomic E-state index is 13.3. The van der Waals surface area contributed by atoms with Gasteiger partial charge in [-0.05, 0) is 48.9 Å². The van der Waals surface area contributed by atoms with Crippen LogP contribution in [0.3, 0.4) is 0 Å². The van der Waals surface area contributed by atoms with E-state index >= 15 is 0 Å². The average molecular weight is 293 g/mol. The highest BCUT2D eigenvalue weighted by molar-refractivity contribution is 5.98. The van der Waals surface area contributed by atoms with Crippen molar-refractivity contribution in [2.24, 2.45) is 22.7 Å². The quantitative estimate of drug-likeness (QED) is 0.338. The molecule has 2 rings (SSSR count). The van der Waals surface area contributed by atoms with E-state index in [1.165, 1.54) is 37.8 Å². The van der Waals surface area contributed by atoms with E-state index in [1.54, 1.807) is 6.07 Å². The number of rotatable bonds is 5. The summed E-state index contributed by atoms with van der Waals surface area (Å²) in [6.07, 6.45) is 5.18. The first-order valence-electron chi connectivity index (χ1n) is 7.57. The van der Waals surface area contributed by atoms with Crippen molar-refractivity contribution in [1.82, 2.24) is 5.32 Å². The first-order chi connectivity index (χ1) is 10.1. The zero-order valence-electron chi connectivity index (χ0n) is 12.5. The molecule has 4 N–H and O–H groups in total. The minimum Gasteiger partial charge on any atom is -0.409 e. The van der Waals surface area contributed by atoms with Crippen LogP contribution in [0, 0.1) is 17.7 Å². The SMILES string of the molecule is CC1CCCC(CNCc2ccc(F)cc2/C(N)=N/O)C1. The third-order valence-electron chi connectivity index (χ3n) is 4.25. The highest BCUT2D eigenvalue weighted by atomic mass is 19.1. The van der Waals surface area contributed by atoms with E-state index < -0.39 is 0 Å². The van der Waals surface area contributed by atoms with Crippen LogP contribution < -0.4 is 11.1 Å². The van der Waals surface area contributed by atoms with Gasteiger partial charge in [0, 0.05) is 12.1 Å². The molecule has 0 aromatic heterocycles. The number of benzene rings is 1. The molecule has 0 heterocycles. The summed E-state index contributed by atoms with van der Waals surface area (Å²) < 4.78 is 13.3. The predicted octanol–water partition coefficient (Wildman–Crippen LogP) is 2.84. The van der Waals surface area contributed by atoms with Crippen LogP contribution in [0.15, 0.2) is 23.4 Å². The van der Waals surface area contributed by atoms with Gasteiger partial charge in [-0.1, -0.05) is 31.0 Å². The second-order valence-corrected chi connectivity index (χ2v) is 6.06. The molecule has 5 heteroatoms. The third-order valence-corrected chi connectivity index (χ3v) is 4.25. The number of amidine groups is 1. The number of hydrogen-bond acceptors (Lipinski definition) is 3. The van der Waals surface area contributed by atoms with Crippen molar-refractivity contribution in [2.45, 2.75) is 39.2 Å². The van der Waals surface area contributed by atoms with Gasteiger partial charge in [0.1, 0.15) is 5.82 Å². The Hall–Kier alpha value is -1.62. The van der Waals surface area contributed by atoms with Gasteiger partial charge in [0.25, 0.3) is 0 Å². The number of nitrogens with zero attached hydrogens (tertiary/aromatic N) is 1. The van der Waals surface area contributed by atoms with Gasteiger partial charge in [0.2, 0.25) is 0 Å². The molecule has 1 aromatic rings. The molecule has 2 unspecified atom stereocenters. The standard InChI is InChI=1S/C16H24FN3O/c1-11-3-2-4-12(7-11)9-19-10-13-5-6-14(17)8-15(13)16(18)20-21/h5-6,8,11-12,19,21H,2-4,7,9-10H2,1H3,(H2,18,20). The fraction of sp³-hybridized carbons (Fsp3) is 0.562. The Morgan fingerprint density at radius 1 is 1.48 bits per heavy atom. The molecule has 1 aliphatic carbocycles. The minimum atomic E-state index is -0.388. The normalized spacial score (nSPS) is 23.2. The first-order valence-corrected chi connectivity index (χ1v) is 7.57. The molecule has 0 bridgehead atoms. The third kappa shape index (κ3) is 4.43. The van der Waals surface area contributed by atoms with Crippen molar-refractivity contribution in [2.75, 3.05) is 6.54 Å². The summed E-state index contributed by atoms with van der Waals surface area (Å²) in [5.74, 6) is 1.07. The van der Waals surface area contributed by atoms with Crippen LogP contribution in [-0.4, -0.2) is 17.6 Å². The topological polar surface area (TPSA) is 70.6 Å². The van der Waals surface area contributed by atoms with Crippen molar-refractivity contribution in [3.8, 4) is 0 Å². The van der Waals surface area contributed by atoms with E-state index in [9.17, 15) is 4.39 Å². The van der Waals surface area contributed by atoms with Crippen molar-refractivity contribution >= 4 is 5.84 Å². The van der Waals surface area contributed by atoms with Crippen LogP contribution in [0.25, 0.3) is 0 Å². The number of nitrogens with one attached hydrogen (secondary N) is 1. The molecule has 1 fully saturated rings. The number of oxime groups is 1. The summed E-state index contributed by atoms with van der Waals surface area (Å²) in [7, 11) is 0. The lowest BCUT2D eigenvalue weighted by atomic mass is 9.82. The summed E-state index contributed by atoms with van der Waals surface area (Å²) in [5.41, 5.74) is 6.89. The van der Waals surface area contributed by atoms with Crippen molar-refractivity contribution < 1.29 is 9.60 Å². The Morgan fingerprint density at radius 2 is 2.29 bits per heavy atom. The van der Waals surface area contributed by atoms with Gasteiger partial charge in [-0.15, -0.1) is 0 Å². The predicted molar refractivity (Wildman–Crippen MR) is 81.7 cm³/mol. The van der Waals surface area contributed by atoms with Crippen LogP contribution in [0.5, 0.6) is 0 Å². The molecule has 0 amide bonds. The lowest BCUT2D eigenvalue weighted by Gasteiger charge is -2.27. The Bertz CT molecular complexity index is 504. The highest BCUT2D eigenvalue weighted by Gasteiger charge is 2.18. The Balaban J connectivity index is 1.93. The molecule has 1 saturated carbocycles. The van der Waals surface area contributed by atoms with Gasteiger partial charge in [-0.25, -0.2) is 4.39 Å². The summed E-state index contributed by atoms with van der Waals surface area (Å²) in [6.45, 7) is 3.86. The van der Waals surface area contributed by atoms with Crippen molar-refractivity contribution in [3.63, 3.8) is 0 Å². The fourth-order valence-corrected chi connectivity index (χ4v) is 3.15. The maximum absolute atomic E-state index is 13.3. The minimum absolute atomic E-state index is 0.0578. The molecule has 4 nitrogen and oxygen atoms in total. The second kappa shape index (κ2) is 7.41. The number of hydrogen-bond donors (Lipinski definition) is 3. The molecule has 21 heavy (non-hydrogen) atoms. The van der Waals surface area contributed by atoms with Crippen molar-refractivity contribution in [1.29, 1.82) is 0 Å². The summed E-state index contributed by atoms with van der Waals surface area (Å²) in [5, 5.41) is 15.2. The van der Waals surface area contributed by atoms with Gasteiger partial charge in [-0.2, -0.15) is 0 Å². The molecule has 0 aliphatic heterocycles. The zero-order valence-corrected chi connectivity index (χ0v) is 12.5. The van der Waals surface area contributed by atoms with Gasteiger partial charge >= 0.3 is 0 Å². The van der Waals surface area contributed by atoms with Gasteiger partial charge in [0.15, 0.2) is 5.84 Å². The average Bonchev–Trinajstić information content (AvgIpc) is 2.48. The molecular weight excluding hydrogens is 269 g/mol. The number of nitrogens with two attached hydrogens (primary N) is 1. The molecule has 116 valence electrons. The largest absolute Gasteiger partial charge is 0.409 e. The molecule has 0 saturated heterocycles. The van der Waals surface area contributed by atoms with E-state index in [4.69, 9.17) is 10.9 Å². The Labute approximate surface area is 125 Å². The molecule has 2 atom stereocenters. The zero-order chi connectivity index (χ0) is 15.2. The van der Waals surface area contributed by atoms with Crippen LogP contribution in [0.1, 0.15) is 43.7 Å². The summed E-state index contributed by atoms with van der Waals surface area (Å²) in [6, 6.07) is 4.38. The maximum Gasteiger partial charge on any atom is 0.170 e. The number of halogens is 1. The van der Waals surface area contributed by atoms with E-state index in [2.05, 4.69) is 17.4 Å². The molecule has 1 aromatic carbocycles. The van der Waals surface area contributed by atoms with E-state index in [0.29, 0.717) is 18.0 Å². The van der Waals surface area contributed by atoms with Gasteiger partial charge < -0.3 is 16.3 Å². The van der Waals surface area contributed by atoms with Crippen LogP contribution in [-0.2, 0) is 6.54 Å². The van der Waals surface area contributed by atoms with Crippen LogP contribution in [0.2, 0.25) is 0 Å². The molecule has 0 spiro atoms. The van der Waals surface area contributed by atoms with E-state index in [0.717, 1.165) is 18.0 Å².